The summed E-state index contributed by atoms with van der Waals surface area (Å²) in [6, 6.07) is 14.2. The van der Waals surface area contributed by atoms with Crippen molar-refractivity contribution in [3.05, 3.63) is 54.2 Å². The van der Waals surface area contributed by atoms with E-state index in [9.17, 15) is 4.79 Å². The quantitative estimate of drug-likeness (QED) is 0.374. The van der Waals surface area contributed by atoms with Gasteiger partial charge in [0.15, 0.2) is 0 Å². The van der Waals surface area contributed by atoms with Gasteiger partial charge in [-0.25, -0.2) is 4.98 Å². The van der Waals surface area contributed by atoms with E-state index in [4.69, 9.17) is 9.47 Å². The number of ether oxygens (including phenoxy) is 2. The minimum absolute atomic E-state index is 0.0410. The highest BCUT2D eigenvalue weighted by atomic mass is 16.5. The second-order valence-electron chi connectivity index (χ2n) is 8.18. The van der Waals surface area contributed by atoms with E-state index in [2.05, 4.69) is 22.4 Å². The van der Waals surface area contributed by atoms with Crippen LogP contribution in [0, 0.1) is 5.41 Å². The van der Waals surface area contributed by atoms with Crippen LogP contribution in [0.15, 0.2) is 48.7 Å². The molecule has 1 fully saturated rings. The fourth-order valence-corrected chi connectivity index (χ4v) is 4.27. The van der Waals surface area contributed by atoms with E-state index in [1.165, 1.54) is 18.4 Å². The fourth-order valence-electron chi connectivity index (χ4n) is 4.27. The summed E-state index contributed by atoms with van der Waals surface area (Å²) >= 11 is 0. The van der Waals surface area contributed by atoms with Crippen LogP contribution in [0.3, 0.4) is 0 Å². The average Bonchev–Trinajstić information content (AvgIpc) is 3.22. The molecule has 3 rings (SSSR count). The van der Waals surface area contributed by atoms with E-state index in [1.54, 1.807) is 6.20 Å². The van der Waals surface area contributed by atoms with Crippen LogP contribution in [0.1, 0.15) is 57.4 Å². The van der Waals surface area contributed by atoms with Gasteiger partial charge in [-0.05, 0) is 74.3 Å². The van der Waals surface area contributed by atoms with Crippen LogP contribution in [0.25, 0.3) is 0 Å². The maximum Gasteiger partial charge on any atom is 0.306 e. The molecule has 0 unspecified atom stereocenters. The van der Waals surface area contributed by atoms with E-state index in [-0.39, 0.29) is 11.4 Å². The molecule has 0 radical (unpaired) electrons. The molecule has 0 atom stereocenters. The Hall–Kier alpha value is -2.56. The van der Waals surface area contributed by atoms with Crippen molar-refractivity contribution in [1.82, 2.24) is 4.98 Å². The lowest BCUT2D eigenvalue weighted by Gasteiger charge is -2.28. The number of pyridine rings is 1. The number of nitrogens with one attached hydrogen (secondary N) is 1. The number of nitrogens with zero attached hydrogens (tertiary/aromatic N) is 1. The molecule has 30 heavy (non-hydrogen) atoms. The van der Waals surface area contributed by atoms with Gasteiger partial charge in [-0.3, -0.25) is 4.79 Å². The van der Waals surface area contributed by atoms with Crippen molar-refractivity contribution in [3.63, 3.8) is 0 Å². The van der Waals surface area contributed by atoms with Gasteiger partial charge in [0.2, 0.25) is 0 Å². The first kappa shape index (κ1) is 22.1. The molecule has 1 aromatic heterocycles. The normalized spacial score (nSPS) is 15.0. The largest absolute Gasteiger partial charge is 0.494 e. The molecule has 1 saturated carbocycles. The summed E-state index contributed by atoms with van der Waals surface area (Å²) in [6.45, 7) is 3.84. The van der Waals surface area contributed by atoms with Crippen molar-refractivity contribution in [3.8, 4) is 5.75 Å². The third-order valence-corrected chi connectivity index (χ3v) is 5.92. The molecule has 1 aromatic carbocycles. The molecule has 5 heteroatoms. The molecule has 0 spiro atoms. The van der Waals surface area contributed by atoms with Gasteiger partial charge >= 0.3 is 5.97 Å². The first-order valence-corrected chi connectivity index (χ1v) is 11.2. The van der Waals surface area contributed by atoms with Gasteiger partial charge < -0.3 is 14.8 Å². The summed E-state index contributed by atoms with van der Waals surface area (Å²) in [4.78, 5) is 16.3. The highest BCUT2D eigenvalue weighted by Gasteiger charge is 2.36. The predicted molar refractivity (Wildman–Crippen MR) is 120 cm³/mol. The molecular formula is C25H34N2O3. The highest BCUT2D eigenvalue weighted by Crippen LogP contribution is 2.45. The number of aromatic nitrogens is 1. The van der Waals surface area contributed by atoms with Gasteiger partial charge in [0.25, 0.3) is 0 Å². The number of carbonyl (C=O) groups is 1. The van der Waals surface area contributed by atoms with Crippen LogP contribution in [0.2, 0.25) is 0 Å². The molecule has 2 aromatic rings. The number of aryl methyl sites for hydroxylation is 1. The number of benzene rings is 1. The van der Waals surface area contributed by atoms with Crippen molar-refractivity contribution >= 4 is 11.8 Å². The summed E-state index contributed by atoms with van der Waals surface area (Å²) in [5.41, 5.74) is 1.43. The second kappa shape index (κ2) is 11.6. The maximum atomic E-state index is 12.0. The third-order valence-electron chi connectivity index (χ3n) is 5.92. The molecule has 162 valence electrons. The number of hydrogen-bond donors (Lipinski definition) is 1. The Morgan fingerprint density at radius 1 is 1.13 bits per heavy atom. The highest BCUT2D eigenvalue weighted by molar-refractivity contribution is 5.70. The topological polar surface area (TPSA) is 60.5 Å². The molecule has 0 saturated heterocycles. The summed E-state index contributed by atoms with van der Waals surface area (Å²) in [5, 5.41) is 3.28. The Morgan fingerprint density at radius 2 is 1.93 bits per heavy atom. The zero-order valence-electron chi connectivity index (χ0n) is 18.1. The van der Waals surface area contributed by atoms with Crippen LogP contribution >= 0.6 is 0 Å². The van der Waals surface area contributed by atoms with E-state index >= 15 is 0 Å². The standard InChI is InChI=1S/C25H34N2O3/c1-2-29-24(28)20-25(14-4-5-15-25)16-13-21-9-11-22(12-10-21)30-19-7-18-27-23-8-3-6-17-26-23/h3,6,8-12,17H,2,4-5,7,13-16,18-20H2,1H3,(H,26,27). The molecule has 1 N–H and O–H groups in total. The predicted octanol–water partition coefficient (Wildman–Crippen LogP) is 5.41. The average molecular weight is 411 g/mol. The van der Waals surface area contributed by atoms with Gasteiger partial charge in [-0.15, -0.1) is 0 Å². The lowest BCUT2D eigenvalue weighted by molar-refractivity contribution is -0.146. The van der Waals surface area contributed by atoms with E-state index < -0.39 is 0 Å². The van der Waals surface area contributed by atoms with Crippen molar-refractivity contribution in [2.45, 2.75) is 58.3 Å². The van der Waals surface area contributed by atoms with Crippen LogP contribution in [-0.2, 0) is 16.0 Å². The number of rotatable bonds is 12. The third kappa shape index (κ3) is 7.05. The SMILES string of the molecule is CCOC(=O)CC1(CCc2ccc(OCCCNc3ccccn3)cc2)CCCC1. The monoisotopic (exact) mass is 410 g/mol. The van der Waals surface area contributed by atoms with Crippen molar-refractivity contribution in [2.24, 2.45) is 5.41 Å². The summed E-state index contributed by atoms with van der Waals surface area (Å²) in [6.07, 6.45) is 10.0. The maximum absolute atomic E-state index is 12.0. The number of anilines is 1. The van der Waals surface area contributed by atoms with Gasteiger partial charge in [-0.1, -0.05) is 31.0 Å². The molecule has 0 aliphatic heterocycles. The Kier molecular flexibility index (Phi) is 8.54. The lowest BCUT2D eigenvalue weighted by Crippen LogP contribution is -2.23. The first-order chi connectivity index (χ1) is 14.7. The second-order valence-corrected chi connectivity index (χ2v) is 8.18. The van der Waals surface area contributed by atoms with Crippen molar-refractivity contribution < 1.29 is 14.3 Å². The molecule has 1 heterocycles. The van der Waals surface area contributed by atoms with Crippen LogP contribution in [-0.4, -0.2) is 30.7 Å². The Morgan fingerprint density at radius 3 is 2.63 bits per heavy atom. The Balaban J connectivity index is 1.38. The molecular weight excluding hydrogens is 376 g/mol. The fraction of sp³-hybridized carbons (Fsp3) is 0.520. The first-order valence-electron chi connectivity index (χ1n) is 11.2. The van der Waals surface area contributed by atoms with E-state index in [0.29, 0.717) is 19.6 Å². The Bertz CT molecular complexity index is 756. The molecule has 5 nitrogen and oxygen atoms in total. The molecule has 0 amide bonds. The van der Waals surface area contributed by atoms with Crippen molar-refractivity contribution in [2.75, 3.05) is 25.1 Å². The molecule has 0 bridgehead atoms. The van der Waals surface area contributed by atoms with E-state index in [0.717, 1.165) is 50.2 Å². The summed E-state index contributed by atoms with van der Waals surface area (Å²) in [5.74, 6) is 1.75. The number of carbonyl (C=O) groups excluding carboxylic acids is 1. The van der Waals surface area contributed by atoms with Gasteiger partial charge in [-0.2, -0.15) is 0 Å². The number of hydrogen-bond acceptors (Lipinski definition) is 5. The van der Waals surface area contributed by atoms with E-state index in [1.807, 2.05) is 37.3 Å². The Labute approximate surface area is 180 Å². The minimum atomic E-state index is -0.0410. The molecule has 1 aliphatic rings. The zero-order chi connectivity index (χ0) is 21.1. The summed E-state index contributed by atoms with van der Waals surface area (Å²) in [7, 11) is 0. The minimum Gasteiger partial charge on any atom is -0.494 e. The number of esters is 1. The zero-order valence-corrected chi connectivity index (χ0v) is 18.1. The van der Waals surface area contributed by atoms with Gasteiger partial charge in [0.1, 0.15) is 11.6 Å². The smallest absolute Gasteiger partial charge is 0.306 e. The van der Waals surface area contributed by atoms with Gasteiger partial charge in [0.05, 0.1) is 19.6 Å². The molecule has 1 aliphatic carbocycles. The van der Waals surface area contributed by atoms with Crippen LogP contribution < -0.4 is 10.1 Å². The van der Waals surface area contributed by atoms with Gasteiger partial charge in [0, 0.05) is 12.7 Å². The van der Waals surface area contributed by atoms with Crippen molar-refractivity contribution in [1.29, 1.82) is 0 Å². The summed E-state index contributed by atoms with van der Waals surface area (Å²) < 4.78 is 11.1. The lowest BCUT2D eigenvalue weighted by atomic mass is 9.77. The van der Waals surface area contributed by atoms with Crippen LogP contribution in [0.5, 0.6) is 5.75 Å². The van der Waals surface area contributed by atoms with Crippen LogP contribution in [0.4, 0.5) is 5.82 Å².